The number of pyridine rings is 1. The lowest BCUT2D eigenvalue weighted by molar-refractivity contribution is 0.0989. The molecule has 0 aliphatic heterocycles. The number of aromatic nitrogens is 1. The topological polar surface area (TPSA) is 45.2 Å². The van der Waals surface area contributed by atoms with E-state index < -0.39 is 11.7 Å². The number of amides is 1. The molecule has 104 valence electrons. The zero-order valence-corrected chi connectivity index (χ0v) is 11.6. The maximum absolute atomic E-state index is 14.1. The second kappa shape index (κ2) is 5.69. The van der Waals surface area contributed by atoms with Gasteiger partial charge in [0.25, 0.3) is 5.91 Å². The van der Waals surface area contributed by atoms with Gasteiger partial charge in [-0.2, -0.15) is 0 Å². The SMILES string of the molecule is CNc1nccc(C(=O)N(C)c2cccc(C)c2)c1F. The van der Waals surface area contributed by atoms with Gasteiger partial charge in [0, 0.05) is 26.0 Å². The van der Waals surface area contributed by atoms with Crippen LogP contribution in [-0.4, -0.2) is 25.0 Å². The molecule has 20 heavy (non-hydrogen) atoms. The molecule has 0 aliphatic rings. The van der Waals surface area contributed by atoms with Crippen molar-refractivity contribution in [2.24, 2.45) is 0 Å². The van der Waals surface area contributed by atoms with Crippen LogP contribution in [0.25, 0.3) is 0 Å². The lowest BCUT2D eigenvalue weighted by Crippen LogP contribution is -2.27. The Kier molecular flexibility index (Phi) is 3.98. The first-order valence-corrected chi connectivity index (χ1v) is 6.21. The zero-order valence-electron chi connectivity index (χ0n) is 11.6. The smallest absolute Gasteiger partial charge is 0.261 e. The highest BCUT2D eigenvalue weighted by Gasteiger charge is 2.20. The van der Waals surface area contributed by atoms with E-state index in [1.54, 1.807) is 14.1 Å². The monoisotopic (exact) mass is 273 g/mol. The summed E-state index contributed by atoms with van der Waals surface area (Å²) in [5.41, 5.74) is 1.75. The van der Waals surface area contributed by atoms with Gasteiger partial charge in [0.2, 0.25) is 0 Å². The molecule has 0 unspecified atom stereocenters. The van der Waals surface area contributed by atoms with Gasteiger partial charge < -0.3 is 10.2 Å². The minimum absolute atomic E-state index is 0.00615. The molecule has 2 aromatic rings. The van der Waals surface area contributed by atoms with E-state index >= 15 is 0 Å². The van der Waals surface area contributed by atoms with Crippen molar-refractivity contribution >= 4 is 17.4 Å². The number of anilines is 2. The highest BCUT2D eigenvalue weighted by atomic mass is 19.1. The summed E-state index contributed by atoms with van der Waals surface area (Å²) in [6.07, 6.45) is 1.41. The van der Waals surface area contributed by atoms with Crippen molar-refractivity contribution in [1.29, 1.82) is 0 Å². The Morgan fingerprint density at radius 1 is 1.35 bits per heavy atom. The molecule has 2 rings (SSSR count). The Morgan fingerprint density at radius 3 is 2.75 bits per heavy atom. The van der Waals surface area contributed by atoms with Crippen molar-refractivity contribution in [3.63, 3.8) is 0 Å². The summed E-state index contributed by atoms with van der Waals surface area (Å²) in [6, 6.07) is 8.86. The lowest BCUT2D eigenvalue weighted by atomic mass is 10.1. The van der Waals surface area contributed by atoms with Crippen molar-refractivity contribution in [2.75, 3.05) is 24.3 Å². The first-order valence-electron chi connectivity index (χ1n) is 6.21. The van der Waals surface area contributed by atoms with Crippen LogP contribution in [0.2, 0.25) is 0 Å². The minimum Gasteiger partial charge on any atom is -0.371 e. The minimum atomic E-state index is -0.639. The molecule has 5 heteroatoms. The second-order valence-corrected chi connectivity index (χ2v) is 4.47. The molecule has 1 amide bonds. The number of carbonyl (C=O) groups excluding carboxylic acids is 1. The Bertz CT molecular complexity index is 643. The molecule has 4 nitrogen and oxygen atoms in total. The van der Waals surface area contributed by atoms with Crippen LogP contribution in [0.5, 0.6) is 0 Å². The van der Waals surface area contributed by atoms with Crippen molar-refractivity contribution in [1.82, 2.24) is 4.98 Å². The largest absolute Gasteiger partial charge is 0.371 e. The van der Waals surface area contributed by atoms with E-state index in [9.17, 15) is 9.18 Å². The molecule has 0 spiro atoms. The summed E-state index contributed by atoms with van der Waals surface area (Å²) >= 11 is 0. The van der Waals surface area contributed by atoms with Gasteiger partial charge >= 0.3 is 0 Å². The third-order valence-corrected chi connectivity index (χ3v) is 3.05. The average molecular weight is 273 g/mol. The van der Waals surface area contributed by atoms with E-state index in [0.717, 1.165) is 11.3 Å². The molecule has 0 fully saturated rings. The Morgan fingerprint density at radius 2 is 2.10 bits per heavy atom. The molecule has 1 aromatic heterocycles. The standard InChI is InChI=1S/C15H16FN3O/c1-10-5-4-6-11(9-10)19(3)15(20)12-7-8-18-14(17-2)13(12)16/h4-9H,1-3H3,(H,17,18). The van der Waals surface area contributed by atoms with E-state index in [4.69, 9.17) is 0 Å². The molecular weight excluding hydrogens is 257 g/mol. The fourth-order valence-corrected chi connectivity index (χ4v) is 1.92. The molecule has 0 bridgehead atoms. The molecule has 1 aromatic carbocycles. The fraction of sp³-hybridized carbons (Fsp3) is 0.200. The van der Waals surface area contributed by atoms with Crippen LogP contribution in [0.3, 0.4) is 0 Å². The van der Waals surface area contributed by atoms with Gasteiger partial charge in [0.1, 0.15) is 0 Å². The summed E-state index contributed by atoms with van der Waals surface area (Å²) in [5, 5.41) is 2.62. The second-order valence-electron chi connectivity index (χ2n) is 4.47. The fourth-order valence-electron chi connectivity index (χ4n) is 1.92. The summed E-state index contributed by atoms with van der Waals surface area (Å²) < 4.78 is 14.1. The van der Waals surface area contributed by atoms with E-state index in [0.29, 0.717) is 0 Å². The van der Waals surface area contributed by atoms with E-state index in [-0.39, 0.29) is 11.4 Å². The molecule has 0 aliphatic carbocycles. The predicted molar refractivity (Wildman–Crippen MR) is 77.7 cm³/mol. The molecule has 0 saturated heterocycles. The van der Waals surface area contributed by atoms with Gasteiger partial charge in [-0.05, 0) is 30.7 Å². The highest BCUT2D eigenvalue weighted by Crippen LogP contribution is 2.20. The first-order chi connectivity index (χ1) is 9.54. The summed E-state index contributed by atoms with van der Waals surface area (Å²) in [4.78, 5) is 17.6. The summed E-state index contributed by atoms with van der Waals surface area (Å²) in [6.45, 7) is 1.94. The quantitative estimate of drug-likeness (QED) is 0.935. The van der Waals surface area contributed by atoms with Crippen LogP contribution in [0.4, 0.5) is 15.9 Å². The molecule has 1 heterocycles. The summed E-state index contributed by atoms with van der Waals surface area (Å²) in [7, 11) is 3.18. The van der Waals surface area contributed by atoms with Gasteiger partial charge in [0.05, 0.1) is 5.56 Å². The molecule has 1 N–H and O–H groups in total. The van der Waals surface area contributed by atoms with Crippen molar-refractivity contribution in [2.45, 2.75) is 6.92 Å². The van der Waals surface area contributed by atoms with Gasteiger partial charge in [0.15, 0.2) is 11.6 Å². The number of carbonyl (C=O) groups is 1. The van der Waals surface area contributed by atoms with Crippen LogP contribution < -0.4 is 10.2 Å². The van der Waals surface area contributed by atoms with E-state index in [1.165, 1.54) is 17.2 Å². The number of aryl methyl sites for hydroxylation is 1. The maximum Gasteiger partial charge on any atom is 0.261 e. The number of benzene rings is 1. The number of nitrogens with one attached hydrogen (secondary N) is 1. The third kappa shape index (κ3) is 2.61. The molecular formula is C15H16FN3O. The number of rotatable bonds is 3. The van der Waals surface area contributed by atoms with Crippen molar-refractivity contribution in [3.05, 3.63) is 53.5 Å². The number of hydrogen-bond acceptors (Lipinski definition) is 3. The molecule has 0 saturated carbocycles. The van der Waals surface area contributed by atoms with Crippen LogP contribution in [0.1, 0.15) is 15.9 Å². The number of halogens is 1. The Hall–Kier alpha value is -2.43. The average Bonchev–Trinajstić information content (AvgIpc) is 2.46. The van der Waals surface area contributed by atoms with E-state index in [2.05, 4.69) is 10.3 Å². The Balaban J connectivity index is 2.36. The number of hydrogen-bond donors (Lipinski definition) is 1. The lowest BCUT2D eigenvalue weighted by Gasteiger charge is -2.18. The first kappa shape index (κ1) is 14.0. The maximum atomic E-state index is 14.1. The van der Waals surface area contributed by atoms with Gasteiger partial charge in [-0.25, -0.2) is 9.37 Å². The van der Waals surface area contributed by atoms with Crippen molar-refractivity contribution in [3.8, 4) is 0 Å². The number of nitrogens with zero attached hydrogens (tertiary/aromatic N) is 2. The van der Waals surface area contributed by atoms with Crippen LogP contribution in [0, 0.1) is 12.7 Å². The zero-order chi connectivity index (χ0) is 14.7. The predicted octanol–water partition coefficient (Wildman–Crippen LogP) is 2.85. The van der Waals surface area contributed by atoms with Gasteiger partial charge in [-0.1, -0.05) is 12.1 Å². The van der Waals surface area contributed by atoms with E-state index in [1.807, 2.05) is 31.2 Å². The van der Waals surface area contributed by atoms with Crippen LogP contribution in [-0.2, 0) is 0 Å². The van der Waals surface area contributed by atoms with Crippen LogP contribution in [0.15, 0.2) is 36.5 Å². The van der Waals surface area contributed by atoms with Gasteiger partial charge in [-0.3, -0.25) is 4.79 Å². The molecule has 0 radical (unpaired) electrons. The third-order valence-electron chi connectivity index (χ3n) is 3.05. The Labute approximate surface area is 117 Å². The van der Waals surface area contributed by atoms with Gasteiger partial charge in [-0.15, -0.1) is 0 Å². The summed E-state index contributed by atoms with van der Waals surface area (Å²) in [5.74, 6) is -0.986. The molecule has 0 atom stereocenters. The normalized spacial score (nSPS) is 10.2. The van der Waals surface area contributed by atoms with Crippen LogP contribution >= 0.6 is 0 Å². The van der Waals surface area contributed by atoms with Crippen molar-refractivity contribution < 1.29 is 9.18 Å². The highest BCUT2D eigenvalue weighted by molar-refractivity contribution is 6.06.